The zero-order chi connectivity index (χ0) is 22.1. The number of benzene rings is 2. The molecule has 162 valence electrons. The van der Waals surface area contributed by atoms with Gasteiger partial charge in [0, 0.05) is 52.6 Å². The van der Waals surface area contributed by atoms with Gasteiger partial charge in [-0.05, 0) is 24.3 Å². The number of nitrogen functional groups attached to an aromatic ring is 1. The second kappa shape index (κ2) is 8.86. The van der Waals surface area contributed by atoms with Crippen LogP contribution >= 0.6 is 22.9 Å². The van der Waals surface area contributed by atoms with Crippen LogP contribution < -0.4 is 5.73 Å². The first kappa shape index (κ1) is 20.9. The zero-order valence-corrected chi connectivity index (χ0v) is 18.9. The molecule has 0 bridgehead atoms. The Morgan fingerprint density at radius 2 is 1.75 bits per heavy atom. The van der Waals surface area contributed by atoms with E-state index in [0.29, 0.717) is 36.3 Å². The molecule has 2 N–H and O–H groups in total. The number of nitrogens with zero attached hydrogens (tertiary/aromatic N) is 4. The number of para-hydroxylation sites is 1. The monoisotopic (exact) mass is 463 g/mol. The molecule has 0 unspecified atom stereocenters. The largest absolute Gasteiger partial charge is 0.383 e. The highest BCUT2D eigenvalue weighted by Gasteiger charge is 2.21. The molecule has 8 heteroatoms. The molecule has 0 saturated carbocycles. The van der Waals surface area contributed by atoms with E-state index in [1.807, 2.05) is 59.5 Å². The van der Waals surface area contributed by atoms with Crippen LogP contribution in [0.1, 0.15) is 10.7 Å². The summed E-state index contributed by atoms with van der Waals surface area (Å²) in [6.45, 7) is 3.46. The maximum atomic E-state index is 12.7. The first-order valence-electron chi connectivity index (χ1n) is 10.5. The van der Waals surface area contributed by atoms with E-state index in [9.17, 15) is 4.79 Å². The SMILES string of the molecule is Nc1nc(CN2CCN(C(=O)/C=C/c3sc4ccccc4c3Cl)CC2)nc2ccccc12. The Morgan fingerprint density at radius 3 is 2.53 bits per heavy atom. The van der Waals surface area contributed by atoms with Crippen LogP contribution in [0.4, 0.5) is 5.82 Å². The summed E-state index contributed by atoms with van der Waals surface area (Å²) in [5.41, 5.74) is 6.96. The number of carbonyl (C=O) groups excluding carboxylic acids is 1. The lowest BCUT2D eigenvalue weighted by atomic mass is 10.2. The lowest BCUT2D eigenvalue weighted by Gasteiger charge is -2.33. The lowest BCUT2D eigenvalue weighted by molar-refractivity contribution is -0.127. The molecule has 1 aliphatic heterocycles. The number of anilines is 1. The summed E-state index contributed by atoms with van der Waals surface area (Å²) in [5, 5.41) is 2.60. The summed E-state index contributed by atoms with van der Waals surface area (Å²) >= 11 is 8.07. The Bertz CT molecular complexity index is 1330. The number of hydrogen-bond donors (Lipinski definition) is 1. The van der Waals surface area contributed by atoms with Gasteiger partial charge in [-0.1, -0.05) is 41.9 Å². The molecule has 0 aliphatic carbocycles. The van der Waals surface area contributed by atoms with Gasteiger partial charge in [0.05, 0.1) is 17.1 Å². The maximum Gasteiger partial charge on any atom is 0.246 e. The molecule has 3 heterocycles. The van der Waals surface area contributed by atoms with Gasteiger partial charge in [0.1, 0.15) is 11.6 Å². The maximum absolute atomic E-state index is 12.7. The molecule has 2 aromatic heterocycles. The molecule has 0 spiro atoms. The molecule has 5 rings (SSSR count). The fourth-order valence-electron chi connectivity index (χ4n) is 3.94. The number of carbonyl (C=O) groups is 1. The Hall–Kier alpha value is -3.00. The van der Waals surface area contributed by atoms with Crippen molar-refractivity contribution in [2.24, 2.45) is 0 Å². The number of halogens is 1. The van der Waals surface area contributed by atoms with E-state index in [-0.39, 0.29) is 5.91 Å². The summed E-state index contributed by atoms with van der Waals surface area (Å²) in [5.74, 6) is 1.22. The minimum atomic E-state index is 0.00405. The molecule has 0 radical (unpaired) electrons. The van der Waals surface area contributed by atoms with Gasteiger partial charge in [0.15, 0.2) is 0 Å². The van der Waals surface area contributed by atoms with Crippen LogP contribution in [0, 0.1) is 0 Å². The van der Waals surface area contributed by atoms with Crippen molar-refractivity contribution >= 4 is 61.7 Å². The highest BCUT2D eigenvalue weighted by atomic mass is 35.5. The molecule has 2 aromatic carbocycles. The number of amides is 1. The van der Waals surface area contributed by atoms with Gasteiger partial charge in [0.25, 0.3) is 0 Å². The first-order valence-corrected chi connectivity index (χ1v) is 11.7. The second-order valence-corrected chi connectivity index (χ2v) is 9.22. The molecule has 0 atom stereocenters. The molecule has 32 heavy (non-hydrogen) atoms. The molecular weight excluding hydrogens is 442 g/mol. The standard InChI is InChI=1S/C24H22ClN5OS/c25-23-17-6-2-4-8-19(17)32-20(23)9-10-22(31)30-13-11-29(12-14-30)15-21-27-18-7-3-1-5-16(18)24(26)28-21/h1-10H,11-15H2,(H2,26,27,28)/b10-9+. The third-order valence-corrected chi connectivity index (χ3v) is 7.32. The normalized spacial score (nSPS) is 15.2. The molecule has 4 aromatic rings. The number of piperazine rings is 1. The van der Waals surface area contributed by atoms with E-state index in [2.05, 4.69) is 14.9 Å². The van der Waals surface area contributed by atoms with Gasteiger partial charge in [-0.25, -0.2) is 9.97 Å². The molecule has 1 fully saturated rings. The van der Waals surface area contributed by atoms with Crippen molar-refractivity contribution in [3.63, 3.8) is 0 Å². The van der Waals surface area contributed by atoms with E-state index < -0.39 is 0 Å². The highest BCUT2D eigenvalue weighted by Crippen LogP contribution is 2.35. The molecule has 1 amide bonds. The third-order valence-electron chi connectivity index (χ3n) is 5.67. The van der Waals surface area contributed by atoms with Gasteiger partial charge in [-0.15, -0.1) is 11.3 Å². The summed E-state index contributed by atoms with van der Waals surface area (Å²) in [6.07, 6.45) is 3.45. The van der Waals surface area contributed by atoms with E-state index in [1.165, 1.54) is 0 Å². The van der Waals surface area contributed by atoms with Gasteiger partial charge in [-0.3, -0.25) is 9.69 Å². The molecule has 6 nitrogen and oxygen atoms in total. The van der Waals surface area contributed by atoms with Crippen LogP contribution in [0.15, 0.2) is 54.6 Å². The van der Waals surface area contributed by atoms with Gasteiger partial charge >= 0.3 is 0 Å². The summed E-state index contributed by atoms with van der Waals surface area (Å²) in [6, 6.07) is 15.8. The van der Waals surface area contributed by atoms with E-state index in [0.717, 1.165) is 39.0 Å². The van der Waals surface area contributed by atoms with Crippen molar-refractivity contribution in [2.75, 3.05) is 31.9 Å². The minimum absolute atomic E-state index is 0.00405. The van der Waals surface area contributed by atoms with Crippen LogP contribution in [0.25, 0.3) is 27.1 Å². The number of thiophene rings is 1. The molecule has 1 aliphatic rings. The number of fused-ring (bicyclic) bond motifs is 2. The predicted octanol–water partition coefficient (Wildman–Crippen LogP) is 4.44. The summed E-state index contributed by atoms with van der Waals surface area (Å²) in [7, 11) is 0. The Labute approximate surface area is 194 Å². The Morgan fingerprint density at radius 1 is 1.03 bits per heavy atom. The summed E-state index contributed by atoms with van der Waals surface area (Å²) in [4.78, 5) is 26.8. The highest BCUT2D eigenvalue weighted by molar-refractivity contribution is 7.20. The molecule has 1 saturated heterocycles. The van der Waals surface area contributed by atoms with E-state index in [1.54, 1.807) is 17.4 Å². The average Bonchev–Trinajstić information content (AvgIpc) is 3.14. The van der Waals surface area contributed by atoms with Crippen LogP contribution in [-0.2, 0) is 11.3 Å². The quantitative estimate of drug-likeness (QED) is 0.453. The fraction of sp³-hybridized carbons (Fsp3) is 0.208. The van der Waals surface area contributed by atoms with Crippen molar-refractivity contribution in [3.05, 3.63) is 70.3 Å². The van der Waals surface area contributed by atoms with E-state index >= 15 is 0 Å². The van der Waals surface area contributed by atoms with Crippen LogP contribution in [0.3, 0.4) is 0 Å². The topological polar surface area (TPSA) is 75.3 Å². The predicted molar refractivity (Wildman–Crippen MR) is 132 cm³/mol. The van der Waals surface area contributed by atoms with Gasteiger partial charge in [0.2, 0.25) is 5.91 Å². The number of nitrogens with two attached hydrogens (primary N) is 1. The van der Waals surface area contributed by atoms with Crippen LogP contribution in [0.2, 0.25) is 5.02 Å². The zero-order valence-electron chi connectivity index (χ0n) is 17.4. The Balaban J connectivity index is 1.20. The Kier molecular flexibility index (Phi) is 5.78. The van der Waals surface area contributed by atoms with Gasteiger partial charge < -0.3 is 10.6 Å². The first-order chi connectivity index (χ1) is 15.6. The number of rotatable bonds is 4. The minimum Gasteiger partial charge on any atom is -0.383 e. The van der Waals surface area contributed by atoms with Crippen molar-refractivity contribution < 1.29 is 4.79 Å². The second-order valence-electron chi connectivity index (χ2n) is 7.75. The number of aromatic nitrogens is 2. The lowest BCUT2D eigenvalue weighted by Crippen LogP contribution is -2.48. The third kappa shape index (κ3) is 4.19. The fourth-order valence-corrected chi connectivity index (χ4v) is 5.34. The number of hydrogen-bond acceptors (Lipinski definition) is 6. The van der Waals surface area contributed by atoms with Crippen molar-refractivity contribution in [1.29, 1.82) is 0 Å². The molecular formula is C24H22ClN5OS. The average molecular weight is 464 g/mol. The van der Waals surface area contributed by atoms with Crippen molar-refractivity contribution in [1.82, 2.24) is 19.8 Å². The van der Waals surface area contributed by atoms with Gasteiger partial charge in [-0.2, -0.15) is 0 Å². The van der Waals surface area contributed by atoms with Crippen LogP contribution in [0.5, 0.6) is 0 Å². The van der Waals surface area contributed by atoms with Crippen molar-refractivity contribution in [3.8, 4) is 0 Å². The van der Waals surface area contributed by atoms with Crippen molar-refractivity contribution in [2.45, 2.75) is 6.54 Å². The summed E-state index contributed by atoms with van der Waals surface area (Å²) < 4.78 is 1.12. The smallest absolute Gasteiger partial charge is 0.246 e. The van der Waals surface area contributed by atoms with E-state index in [4.69, 9.17) is 17.3 Å². The van der Waals surface area contributed by atoms with Crippen LogP contribution in [-0.4, -0.2) is 51.9 Å².